The van der Waals surface area contributed by atoms with Gasteiger partial charge in [-0.05, 0) is 11.5 Å². The van der Waals surface area contributed by atoms with E-state index in [0.29, 0.717) is 25.4 Å². The van der Waals surface area contributed by atoms with Crippen LogP contribution in [0, 0.1) is 5.92 Å². The van der Waals surface area contributed by atoms with E-state index < -0.39 is 0 Å². The van der Waals surface area contributed by atoms with Gasteiger partial charge in [0, 0.05) is 39.6 Å². The quantitative estimate of drug-likeness (QED) is 0.667. The van der Waals surface area contributed by atoms with Gasteiger partial charge in [-0.3, -0.25) is 9.48 Å². The summed E-state index contributed by atoms with van der Waals surface area (Å²) in [5.41, 5.74) is 1.93. The zero-order chi connectivity index (χ0) is 20.4. The number of hydrogen-bond donors (Lipinski definition) is 0. The maximum atomic E-state index is 12.7. The smallest absolute Gasteiger partial charge is 0.227 e. The van der Waals surface area contributed by atoms with Crippen LogP contribution in [-0.4, -0.2) is 56.7 Å². The molecule has 0 N–H and O–H groups in total. The molecule has 1 fully saturated rings. The number of carbonyl (C=O) groups excluding carboxylic acids is 1. The van der Waals surface area contributed by atoms with Crippen LogP contribution in [0.3, 0.4) is 0 Å². The molecule has 0 aliphatic carbocycles. The number of fused-ring (bicyclic) bond motifs is 1. The number of nitrogens with zero attached hydrogens (tertiary/aromatic N) is 6. The molecule has 0 atom stereocenters. The van der Waals surface area contributed by atoms with Crippen molar-refractivity contribution in [3.8, 4) is 0 Å². The first kappa shape index (κ1) is 19.4. The molecule has 7 heteroatoms. The van der Waals surface area contributed by atoms with Crippen LogP contribution in [0.2, 0.25) is 0 Å². The lowest BCUT2D eigenvalue weighted by Gasteiger charge is -2.35. The highest BCUT2D eigenvalue weighted by Gasteiger charge is 2.24. The molecular weight excluding hydrogens is 364 g/mol. The molecular formula is C22H28N6O. The molecule has 1 aliphatic rings. The van der Waals surface area contributed by atoms with E-state index in [9.17, 15) is 4.79 Å². The Morgan fingerprint density at radius 2 is 1.79 bits per heavy atom. The number of amides is 1. The number of anilines is 1. The molecule has 1 aliphatic heterocycles. The lowest BCUT2D eigenvalue weighted by Crippen LogP contribution is -2.49. The van der Waals surface area contributed by atoms with Crippen LogP contribution in [0.1, 0.15) is 25.2 Å². The molecule has 3 heterocycles. The zero-order valence-electron chi connectivity index (χ0n) is 17.4. The van der Waals surface area contributed by atoms with E-state index in [1.807, 2.05) is 53.2 Å². The first-order chi connectivity index (χ1) is 14.0. The second-order valence-electron chi connectivity index (χ2n) is 8.10. The van der Waals surface area contributed by atoms with Crippen LogP contribution in [0.4, 0.5) is 5.82 Å². The highest BCUT2D eigenvalue weighted by Crippen LogP contribution is 2.25. The third-order valence-electron chi connectivity index (χ3n) is 5.34. The van der Waals surface area contributed by atoms with Crippen LogP contribution in [0.25, 0.3) is 11.0 Å². The number of rotatable bonds is 5. The van der Waals surface area contributed by atoms with E-state index in [4.69, 9.17) is 9.97 Å². The Hall–Kier alpha value is -2.96. The average molecular weight is 393 g/mol. The summed E-state index contributed by atoms with van der Waals surface area (Å²) in [6.45, 7) is 7.29. The lowest BCUT2D eigenvalue weighted by atomic mass is 10.1. The molecule has 1 aromatic carbocycles. The van der Waals surface area contributed by atoms with Gasteiger partial charge in [-0.15, -0.1) is 0 Å². The first-order valence-corrected chi connectivity index (χ1v) is 10.3. The Bertz CT molecular complexity index is 989. The van der Waals surface area contributed by atoms with Gasteiger partial charge < -0.3 is 9.80 Å². The second-order valence-corrected chi connectivity index (χ2v) is 8.10. The van der Waals surface area contributed by atoms with Gasteiger partial charge in [-0.1, -0.05) is 44.2 Å². The molecule has 152 valence electrons. The molecule has 29 heavy (non-hydrogen) atoms. The Balaban J connectivity index is 1.49. The van der Waals surface area contributed by atoms with E-state index in [-0.39, 0.29) is 5.91 Å². The molecule has 3 aromatic rings. The molecule has 2 aromatic heterocycles. The van der Waals surface area contributed by atoms with Crippen molar-refractivity contribution in [2.24, 2.45) is 13.0 Å². The van der Waals surface area contributed by atoms with Crippen molar-refractivity contribution in [2.75, 3.05) is 31.1 Å². The minimum Gasteiger partial charge on any atom is -0.352 e. The van der Waals surface area contributed by atoms with E-state index >= 15 is 0 Å². The molecule has 1 saturated heterocycles. The maximum Gasteiger partial charge on any atom is 0.227 e. The summed E-state index contributed by atoms with van der Waals surface area (Å²) in [5.74, 6) is 2.47. The SMILES string of the molecule is CC(C)Cc1nc(N2CCN(C(=O)Cc3ccccc3)CC2)c2cnn(C)c2n1. The average Bonchev–Trinajstić information content (AvgIpc) is 3.09. The van der Waals surface area contributed by atoms with Crippen molar-refractivity contribution in [1.29, 1.82) is 0 Å². The highest BCUT2D eigenvalue weighted by atomic mass is 16.2. The second kappa shape index (κ2) is 8.19. The lowest BCUT2D eigenvalue weighted by molar-refractivity contribution is -0.130. The summed E-state index contributed by atoms with van der Waals surface area (Å²) in [6.07, 6.45) is 3.14. The molecule has 0 radical (unpaired) electrons. The van der Waals surface area contributed by atoms with Crippen LogP contribution in [0.15, 0.2) is 36.5 Å². The minimum atomic E-state index is 0.186. The largest absolute Gasteiger partial charge is 0.352 e. The van der Waals surface area contributed by atoms with Gasteiger partial charge in [0.25, 0.3) is 0 Å². The summed E-state index contributed by atoms with van der Waals surface area (Å²) in [5, 5.41) is 5.36. The molecule has 0 saturated carbocycles. The normalized spacial score (nSPS) is 14.8. The Labute approximate surface area is 171 Å². The molecule has 1 amide bonds. The summed E-state index contributed by atoms with van der Waals surface area (Å²) >= 11 is 0. The number of hydrogen-bond acceptors (Lipinski definition) is 5. The molecule has 7 nitrogen and oxygen atoms in total. The minimum absolute atomic E-state index is 0.186. The first-order valence-electron chi connectivity index (χ1n) is 10.3. The number of piperazine rings is 1. The van der Waals surface area contributed by atoms with Crippen molar-refractivity contribution in [3.05, 3.63) is 47.9 Å². The highest BCUT2D eigenvalue weighted by molar-refractivity contribution is 5.87. The van der Waals surface area contributed by atoms with Gasteiger partial charge in [0.05, 0.1) is 18.0 Å². The van der Waals surface area contributed by atoms with Crippen molar-refractivity contribution < 1.29 is 4.79 Å². The van der Waals surface area contributed by atoms with Crippen molar-refractivity contribution in [2.45, 2.75) is 26.7 Å². The topological polar surface area (TPSA) is 67.2 Å². The van der Waals surface area contributed by atoms with Crippen molar-refractivity contribution >= 4 is 22.8 Å². The maximum absolute atomic E-state index is 12.7. The fourth-order valence-electron chi connectivity index (χ4n) is 3.80. The molecule has 4 rings (SSSR count). The van der Waals surface area contributed by atoms with E-state index in [1.54, 1.807) is 0 Å². The monoisotopic (exact) mass is 392 g/mol. The summed E-state index contributed by atoms with van der Waals surface area (Å²) in [6, 6.07) is 9.93. The van der Waals surface area contributed by atoms with E-state index in [2.05, 4.69) is 23.8 Å². The van der Waals surface area contributed by atoms with Gasteiger partial charge in [0.1, 0.15) is 11.6 Å². The van der Waals surface area contributed by atoms with Gasteiger partial charge in [-0.25, -0.2) is 9.97 Å². The van der Waals surface area contributed by atoms with Gasteiger partial charge in [0.15, 0.2) is 5.65 Å². The van der Waals surface area contributed by atoms with Crippen LogP contribution in [-0.2, 0) is 24.7 Å². The summed E-state index contributed by atoms with van der Waals surface area (Å²) in [4.78, 5) is 26.5. The predicted molar refractivity (Wildman–Crippen MR) is 114 cm³/mol. The van der Waals surface area contributed by atoms with Gasteiger partial charge >= 0.3 is 0 Å². The number of benzene rings is 1. The van der Waals surface area contributed by atoms with Crippen LogP contribution < -0.4 is 4.90 Å². The third-order valence-corrected chi connectivity index (χ3v) is 5.34. The van der Waals surface area contributed by atoms with Gasteiger partial charge in [-0.2, -0.15) is 5.10 Å². The number of aryl methyl sites for hydroxylation is 1. The third kappa shape index (κ3) is 4.23. The van der Waals surface area contributed by atoms with E-state index in [0.717, 1.165) is 47.7 Å². The zero-order valence-corrected chi connectivity index (χ0v) is 17.4. The predicted octanol–water partition coefficient (Wildman–Crippen LogP) is 2.45. The van der Waals surface area contributed by atoms with Crippen LogP contribution in [0.5, 0.6) is 0 Å². The van der Waals surface area contributed by atoms with Crippen LogP contribution >= 0.6 is 0 Å². The van der Waals surface area contributed by atoms with Crippen molar-refractivity contribution in [1.82, 2.24) is 24.6 Å². The Kier molecular flexibility index (Phi) is 5.47. The fraction of sp³-hybridized carbons (Fsp3) is 0.455. The Morgan fingerprint density at radius 3 is 2.48 bits per heavy atom. The molecule has 0 bridgehead atoms. The summed E-state index contributed by atoms with van der Waals surface area (Å²) < 4.78 is 1.81. The number of carbonyl (C=O) groups is 1. The van der Waals surface area contributed by atoms with Gasteiger partial charge in [0.2, 0.25) is 5.91 Å². The fourth-order valence-corrected chi connectivity index (χ4v) is 3.80. The number of aromatic nitrogens is 4. The van der Waals surface area contributed by atoms with Crippen molar-refractivity contribution in [3.63, 3.8) is 0 Å². The summed E-state index contributed by atoms with van der Waals surface area (Å²) in [7, 11) is 1.92. The standard InChI is InChI=1S/C22H28N6O/c1-16(2)13-19-24-21-18(15-23-26(21)3)22(25-19)28-11-9-27(10-12-28)20(29)14-17-7-5-4-6-8-17/h4-8,15-16H,9-14H2,1-3H3. The Morgan fingerprint density at radius 1 is 1.07 bits per heavy atom. The molecule has 0 unspecified atom stereocenters. The molecule has 0 spiro atoms. The van der Waals surface area contributed by atoms with E-state index in [1.165, 1.54) is 0 Å².